The van der Waals surface area contributed by atoms with Crippen LogP contribution >= 0.6 is 0 Å². The van der Waals surface area contributed by atoms with E-state index in [2.05, 4.69) is 27.7 Å². The third kappa shape index (κ3) is 6.64. The van der Waals surface area contributed by atoms with E-state index in [0.717, 1.165) is 38.4 Å². The van der Waals surface area contributed by atoms with E-state index in [1.807, 2.05) is 19.9 Å². The SMILES string of the molecule is COCCOCCOCCOCCC(=O)O[C@H]1CC[C@]2(C)[C@H]3C(=O)C=C4[C@@H]5C[C@@](C)(C(=O)O)CC[C@]5(C)CC[C@@]4(C)[C@]3(C)CC[C@H]2[C@]1(C)C=O. The molecule has 10 atom stereocenters. The average molecular weight is 703 g/mol. The van der Waals surface area contributed by atoms with Crippen LogP contribution in [0.5, 0.6) is 0 Å². The monoisotopic (exact) mass is 702 g/mol. The maximum Gasteiger partial charge on any atom is 0.309 e. The summed E-state index contributed by atoms with van der Waals surface area (Å²) in [4.78, 5) is 53.1. The number of hydrogen-bond donors (Lipinski definition) is 1. The highest BCUT2D eigenvalue weighted by molar-refractivity contribution is 5.96. The number of aliphatic carboxylic acids is 1. The fraction of sp³-hybridized carbons (Fsp3) is 0.850. The Bertz CT molecular complexity index is 1330. The molecule has 1 N–H and O–H groups in total. The van der Waals surface area contributed by atoms with E-state index in [1.54, 1.807) is 7.11 Å². The lowest BCUT2D eigenvalue weighted by molar-refractivity contribution is -0.210. The van der Waals surface area contributed by atoms with E-state index in [4.69, 9.17) is 23.7 Å². The van der Waals surface area contributed by atoms with Gasteiger partial charge in [0, 0.05) is 13.0 Å². The maximum absolute atomic E-state index is 14.6. The summed E-state index contributed by atoms with van der Waals surface area (Å²) in [5, 5.41) is 10.2. The number of carboxylic acid groups (broad SMARTS) is 1. The van der Waals surface area contributed by atoms with Crippen LogP contribution in [0.15, 0.2) is 11.6 Å². The molecule has 4 saturated carbocycles. The van der Waals surface area contributed by atoms with Crippen molar-refractivity contribution < 1.29 is 48.0 Å². The highest BCUT2D eigenvalue weighted by atomic mass is 16.6. The van der Waals surface area contributed by atoms with Gasteiger partial charge in [-0.05, 0) is 111 Å². The largest absolute Gasteiger partial charge is 0.481 e. The second-order valence-electron chi connectivity index (χ2n) is 17.6. The molecule has 0 bridgehead atoms. The van der Waals surface area contributed by atoms with Crippen LogP contribution in [0.3, 0.4) is 0 Å². The molecule has 0 aromatic carbocycles. The molecule has 0 spiro atoms. The van der Waals surface area contributed by atoms with Crippen molar-refractivity contribution in [3.05, 3.63) is 11.6 Å². The molecule has 5 rings (SSSR count). The Morgan fingerprint density at radius 2 is 1.46 bits per heavy atom. The van der Waals surface area contributed by atoms with E-state index in [0.29, 0.717) is 65.3 Å². The lowest BCUT2D eigenvalue weighted by atomic mass is 9.33. The van der Waals surface area contributed by atoms with E-state index >= 15 is 0 Å². The first-order chi connectivity index (χ1) is 23.5. The van der Waals surface area contributed by atoms with Gasteiger partial charge in [0.1, 0.15) is 12.4 Å². The Hall–Kier alpha value is -2.14. The van der Waals surface area contributed by atoms with Crippen molar-refractivity contribution >= 4 is 24.0 Å². The third-order valence-corrected chi connectivity index (χ3v) is 14.9. The van der Waals surface area contributed by atoms with Crippen molar-refractivity contribution in [1.82, 2.24) is 0 Å². The zero-order valence-electron chi connectivity index (χ0n) is 31.6. The van der Waals surface area contributed by atoms with Gasteiger partial charge in [-0.25, -0.2) is 0 Å². The van der Waals surface area contributed by atoms with Crippen LogP contribution < -0.4 is 0 Å². The number of allylic oxidation sites excluding steroid dienone is 2. The van der Waals surface area contributed by atoms with Crippen molar-refractivity contribution in [1.29, 1.82) is 0 Å². The molecule has 10 nitrogen and oxygen atoms in total. The molecule has 5 aliphatic rings. The third-order valence-electron chi connectivity index (χ3n) is 14.9. The lowest BCUT2D eigenvalue weighted by Crippen LogP contribution is -2.67. The molecule has 0 radical (unpaired) electrons. The summed E-state index contributed by atoms with van der Waals surface area (Å²) in [6.07, 6.45) is 9.25. The Balaban J connectivity index is 1.25. The molecule has 4 fully saturated rings. The Kier molecular flexibility index (Phi) is 11.5. The molecule has 282 valence electrons. The number of carbonyl (C=O) groups excluding carboxylic acids is 3. The molecule has 0 aromatic heterocycles. The molecule has 0 unspecified atom stereocenters. The minimum absolute atomic E-state index is 0.0127. The number of esters is 1. The lowest BCUT2D eigenvalue weighted by Gasteiger charge is -2.70. The van der Waals surface area contributed by atoms with Crippen molar-refractivity contribution in [2.24, 2.45) is 50.2 Å². The van der Waals surface area contributed by atoms with Crippen LogP contribution in [0, 0.1) is 50.2 Å². The first kappa shape index (κ1) is 39.1. The number of fused-ring (bicyclic) bond motifs is 7. The van der Waals surface area contributed by atoms with E-state index in [-0.39, 0.29) is 58.8 Å². The van der Waals surface area contributed by atoms with Gasteiger partial charge in [0.05, 0.1) is 63.5 Å². The summed E-state index contributed by atoms with van der Waals surface area (Å²) in [5.74, 6) is -1.34. The molecule has 0 heterocycles. The van der Waals surface area contributed by atoms with E-state index in [1.165, 1.54) is 5.57 Å². The number of carboxylic acids is 1. The molecule has 10 heteroatoms. The van der Waals surface area contributed by atoms with Gasteiger partial charge in [0.2, 0.25) is 0 Å². The van der Waals surface area contributed by atoms with Crippen molar-refractivity contribution in [2.45, 2.75) is 112 Å². The Morgan fingerprint density at radius 3 is 2.08 bits per heavy atom. The van der Waals surface area contributed by atoms with E-state index in [9.17, 15) is 24.3 Å². The predicted molar refractivity (Wildman–Crippen MR) is 186 cm³/mol. The maximum atomic E-state index is 14.6. The summed E-state index contributed by atoms with van der Waals surface area (Å²) in [5.41, 5.74) is -1.59. The van der Waals surface area contributed by atoms with Crippen LogP contribution in [0.25, 0.3) is 0 Å². The molecule has 0 saturated heterocycles. The summed E-state index contributed by atoms with van der Waals surface area (Å²) in [6.45, 7) is 15.9. The molecule has 0 aliphatic heterocycles. The Morgan fingerprint density at radius 1 is 0.840 bits per heavy atom. The molecule has 5 aliphatic carbocycles. The van der Waals surface area contributed by atoms with Crippen molar-refractivity contribution in [3.8, 4) is 0 Å². The quantitative estimate of drug-likeness (QED) is 0.119. The number of hydrogen-bond acceptors (Lipinski definition) is 9. The second-order valence-corrected chi connectivity index (χ2v) is 17.6. The summed E-state index contributed by atoms with van der Waals surface area (Å²) in [7, 11) is 1.62. The smallest absolute Gasteiger partial charge is 0.309 e. The van der Waals surface area contributed by atoms with Crippen LogP contribution in [-0.4, -0.2) is 88.6 Å². The van der Waals surface area contributed by atoms with Gasteiger partial charge in [0.25, 0.3) is 0 Å². The van der Waals surface area contributed by atoms with Gasteiger partial charge in [-0.2, -0.15) is 0 Å². The zero-order valence-corrected chi connectivity index (χ0v) is 31.6. The Labute approximate surface area is 298 Å². The standard InChI is InChI=1S/C40H62O10/c1-35-13-14-36(2,34(44)45)25-28(35)27-24-29(42)33-37(3)11-9-31(50-32(43)10-17-47-20-21-49-23-22-48-19-18-46-7)38(4,26-41)30(37)8-12-40(33,6)39(27,5)16-15-35/h24,26,28,30-31,33H,8-23,25H2,1-7H3,(H,44,45)/t28-,30+,31-,33+,35+,36-,37-,38-,39+,40+/m0/s1. The normalized spacial score (nSPS) is 42.3. The van der Waals surface area contributed by atoms with Gasteiger partial charge >= 0.3 is 11.9 Å². The summed E-state index contributed by atoms with van der Waals surface area (Å²) in [6, 6.07) is 0. The number of carbonyl (C=O) groups is 4. The number of aldehydes is 1. The average Bonchev–Trinajstić information content (AvgIpc) is 3.06. The predicted octanol–water partition coefficient (Wildman–Crippen LogP) is 6.23. The molecule has 0 amide bonds. The van der Waals surface area contributed by atoms with Crippen LogP contribution in [0.4, 0.5) is 0 Å². The van der Waals surface area contributed by atoms with Gasteiger partial charge in [0.15, 0.2) is 5.78 Å². The van der Waals surface area contributed by atoms with Crippen LogP contribution in [0.2, 0.25) is 0 Å². The van der Waals surface area contributed by atoms with Crippen LogP contribution in [0.1, 0.15) is 106 Å². The van der Waals surface area contributed by atoms with Gasteiger partial charge in [-0.15, -0.1) is 0 Å². The number of ether oxygens (including phenoxy) is 5. The minimum Gasteiger partial charge on any atom is -0.481 e. The zero-order chi connectivity index (χ0) is 36.6. The van der Waals surface area contributed by atoms with Gasteiger partial charge in [-0.3, -0.25) is 14.4 Å². The van der Waals surface area contributed by atoms with Gasteiger partial charge < -0.3 is 33.6 Å². The number of ketones is 1. The molecular formula is C40H62O10. The number of rotatable bonds is 15. The highest BCUT2D eigenvalue weighted by Crippen LogP contribution is 2.75. The topological polar surface area (TPSA) is 135 Å². The van der Waals surface area contributed by atoms with Gasteiger partial charge in [-0.1, -0.05) is 33.3 Å². The first-order valence-corrected chi connectivity index (χ1v) is 18.9. The number of methoxy groups -OCH3 is 1. The second kappa shape index (κ2) is 14.7. The minimum atomic E-state index is -0.924. The molecule has 50 heavy (non-hydrogen) atoms. The van der Waals surface area contributed by atoms with Crippen LogP contribution in [-0.2, 0) is 42.9 Å². The fourth-order valence-electron chi connectivity index (χ4n) is 11.5. The van der Waals surface area contributed by atoms with Crippen molar-refractivity contribution in [3.63, 3.8) is 0 Å². The summed E-state index contributed by atoms with van der Waals surface area (Å²) < 4.78 is 27.4. The fourth-order valence-corrected chi connectivity index (χ4v) is 11.5. The van der Waals surface area contributed by atoms with E-state index < -0.39 is 28.3 Å². The highest BCUT2D eigenvalue weighted by Gasteiger charge is 2.71. The molecule has 0 aromatic rings. The summed E-state index contributed by atoms with van der Waals surface area (Å²) >= 11 is 0. The van der Waals surface area contributed by atoms with Crippen molar-refractivity contribution in [2.75, 3.05) is 53.4 Å². The first-order valence-electron chi connectivity index (χ1n) is 18.9. The molecular weight excluding hydrogens is 640 g/mol.